The van der Waals surface area contributed by atoms with Crippen molar-refractivity contribution in [1.29, 1.82) is 0 Å². The molecule has 0 radical (unpaired) electrons. The third-order valence-electron chi connectivity index (χ3n) is 4.92. The van der Waals surface area contributed by atoms with Crippen LogP contribution < -0.4 is 5.49 Å². The Morgan fingerprint density at radius 2 is 1.74 bits per heavy atom. The Kier molecular flexibility index (Phi) is 4.96. The lowest BCUT2D eigenvalue weighted by molar-refractivity contribution is 0.0948. The molecule has 0 aliphatic heterocycles. The second kappa shape index (κ2) is 7.70. The molecule has 0 amide bonds. The summed E-state index contributed by atoms with van der Waals surface area (Å²) in [6.07, 6.45) is 7.63. The summed E-state index contributed by atoms with van der Waals surface area (Å²) < 4.78 is 1.58. The van der Waals surface area contributed by atoms with E-state index in [0.29, 0.717) is 22.9 Å². The second-order valence-electron chi connectivity index (χ2n) is 6.91. The second-order valence-corrected chi connectivity index (χ2v) is 6.91. The number of carbonyl (C=O) groups is 1. The number of hydrogen-bond donors (Lipinski definition) is 0. The first-order valence-electron chi connectivity index (χ1n) is 9.48. The van der Waals surface area contributed by atoms with E-state index in [4.69, 9.17) is 4.99 Å². The van der Waals surface area contributed by atoms with Gasteiger partial charge in [0, 0.05) is 6.20 Å². The van der Waals surface area contributed by atoms with Gasteiger partial charge in [-0.2, -0.15) is 9.90 Å². The highest BCUT2D eigenvalue weighted by molar-refractivity contribution is 5.94. The molecule has 0 N–H and O–H groups in total. The molecule has 0 saturated heterocycles. The third kappa shape index (κ3) is 3.74. The minimum atomic E-state index is -0.204. The van der Waals surface area contributed by atoms with Crippen LogP contribution in [0.5, 0.6) is 0 Å². The van der Waals surface area contributed by atoms with Gasteiger partial charge in [-0.15, -0.1) is 5.10 Å². The van der Waals surface area contributed by atoms with Crippen LogP contribution in [0.1, 0.15) is 48.3 Å². The normalized spacial score (nSPS) is 15.8. The molecule has 2 aromatic heterocycles. The number of para-hydroxylation sites is 1. The van der Waals surface area contributed by atoms with Crippen LogP contribution in [0.25, 0.3) is 5.69 Å². The molecule has 6 nitrogen and oxygen atoms in total. The van der Waals surface area contributed by atoms with Crippen molar-refractivity contribution in [3.63, 3.8) is 0 Å². The fraction of sp³-hybridized carbons (Fsp3) is 0.333. The van der Waals surface area contributed by atoms with Gasteiger partial charge in [0.1, 0.15) is 5.49 Å². The molecule has 0 atom stereocenters. The number of hydrogen-bond acceptors (Lipinski definition) is 4. The number of carbonyl (C=O) groups excluding carboxylic acids is 1. The molecule has 1 aliphatic carbocycles. The van der Waals surface area contributed by atoms with E-state index in [1.807, 2.05) is 48.5 Å². The zero-order valence-electron chi connectivity index (χ0n) is 15.5. The average Bonchev–Trinajstić information content (AvgIpc) is 3.11. The van der Waals surface area contributed by atoms with Crippen LogP contribution in [-0.4, -0.2) is 31.5 Å². The summed E-state index contributed by atoms with van der Waals surface area (Å²) in [4.78, 5) is 19.5. The van der Waals surface area contributed by atoms with E-state index in [-0.39, 0.29) is 5.91 Å². The lowest BCUT2D eigenvalue weighted by Gasteiger charge is -2.17. The van der Waals surface area contributed by atoms with E-state index in [1.54, 1.807) is 17.7 Å². The predicted octanol–water partition coefficient (Wildman–Crippen LogP) is 3.30. The zero-order chi connectivity index (χ0) is 18.6. The van der Waals surface area contributed by atoms with Crippen molar-refractivity contribution in [3.8, 4) is 5.69 Å². The summed E-state index contributed by atoms with van der Waals surface area (Å²) in [5.74, 6) is -0.204. The molecule has 4 rings (SSSR count). The molecule has 138 valence electrons. The maximum atomic E-state index is 13.2. The Labute approximate surface area is 158 Å². The van der Waals surface area contributed by atoms with E-state index in [0.717, 1.165) is 18.5 Å². The molecule has 6 heteroatoms. The zero-order valence-corrected chi connectivity index (χ0v) is 15.5. The van der Waals surface area contributed by atoms with Crippen LogP contribution in [0.4, 0.5) is 0 Å². The quantitative estimate of drug-likeness (QED) is 0.719. The molecular formula is C21H23N5O. The maximum absolute atomic E-state index is 13.2. The summed E-state index contributed by atoms with van der Waals surface area (Å²) in [5.41, 5.74) is 2.45. The van der Waals surface area contributed by atoms with Crippen LogP contribution in [0.15, 0.2) is 59.7 Å². The fourth-order valence-electron chi connectivity index (χ4n) is 3.48. The van der Waals surface area contributed by atoms with Gasteiger partial charge >= 0.3 is 0 Å². The van der Waals surface area contributed by atoms with Crippen molar-refractivity contribution in [2.45, 2.75) is 45.1 Å². The molecular weight excluding hydrogens is 338 g/mol. The number of aromatic nitrogens is 4. The number of nitrogens with zero attached hydrogens (tertiary/aromatic N) is 5. The van der Waals surface area contributed by atoms with Gasteiger partial charge in [0.05, 0.1) is 17.4 Å². The smallest absolute Gasteiger partial charge is 0.266 e. The third-order valence-corrected chi connectivity index (χ3v) is 4.92. The van der Waals surface area contributed by atoms with Crippen molar-refractivity contribution >= 4 is 5.91 Å². The molecule has 1 saturated carbocycles. The fourth-order valence-corrected chi connectivity index (χ4v) is 3.48. The van der Waals surface area contributed by atoms with E-state index >= 15 is 0 Å². The van der Waals surface area contributed by atoms with Crippen molar-refractivity contribution < 1.29 is 4.79 Å². The summed E-state index contributed by atoms with van der Waals surface area (Å²) in [5, 5.41) is 8.85. The molecule has 0 spiro atoms. The summed E-state index contributed by atoms with van der Waals surface area (Å²) >= 11 is 0. The largest absolute Gasteiger partial charge is 0.285 e. The SMILES string of the molecule is Cc1nn(-c2ccccc2)nc1C(=O)n1ccccc1=NC1CCCCC1. The monoisotopic (exact) mass is 361 g/mol. The van der Waals surface area contributed by atoms with Gasteiger partial charge in [-0.1, -0.05) is 43.5 Å². The lowest BCUT2D eigenvalue weighted by atomic mass is 9.96. The molecule has 0 bridgehead atoms. The average molecular weight is 361 g/mol. The van der Waals surface area contributed by atoms with Gasteiger partial charge < -0.3 is 0 Å². The highest BCUT2D eigenvalue weighted by atomic mass is 16.2. The standard InChI is InChI=1S/C21H23N5O/c1-16-20(24-26(23-16)18-12-6-3-7-13-18)21(27)25-15-9-8-14-19(25)22-17-10-4-2-5-11-17/h3,6-9,12-15,17H,2,4-5,10-11H2,1H3. The summed E-state index contributed by atoms with van der Waals surface area (Å²) in [6.45, 7) is 1.81. The Morgan fingerprint density at radius 3 is 2.52 bits per heavy atom. The van der Waals surface area contributed by atoms with Crippen LogP contribution in [0.2, 0.25) is 0 Å². The minimum absolute atomic E-state index is 0.204. The Hall–Kier alpha value is -3.02. The Bertz CT molecular complexity index is 997. The molecule has 2 heterocycles. The first-order chi connectivity index (χ1) is 13.2. The number of aryl methyl sites for hydroxylation is 1. The highest BCUT2D eigenvalue weighted by Gasteiger charge is 2.19. The van der Waals surface area contributed by atoms with Gasteiger partial charge in [-0.3, -0.25) is 14.4 Å². The molecule has 1 aliphatic rings. The predicted molar refractivity (Wildman–Crippen MR) is 103 cm³/mol. The molecule has 1 fully saturated rings. The van der Waals surface area contributed by atoms with Crippen molar-refractivity contribution in [2.75, 3.05) is 0 Å². The highest BCUT2D eigenvalue weighted by Crippen LogP contribution is 2.19. The number of rotatable bonds is 3. The van der Waals surface area contributed by atoms with Gasteiger partial charge in [-0.25, -0.2) is 0 Å². The Morgan fingerprint density at radius 1 is 1.00 bits per heavy atom. The lowest BCUT2D eigenvalue weighted by Crippen LogP contribution is -2.30. The molecule has 0 unspecified atom stereocenters. The topological polar surface area (TPSA) is 65.1 Å². The summed E-state index contributed by atoms with van der Waals surface area (Å²) in [6, 6.07) is 15.5. The van der Waals surface area contributed by atoms with Gasteiger partial charge in [0.25, 0.3) is 5.91 Å². The van der Waals surface area contributed by atoms with E-state index in [9.17, 15) is 4.79 Å². The molecule has 1 aromatic carbocycles. The van der Waals surface area contributed by atoms with Crippen LogP contribution in [0.3, 0.4) is 0 Å². The van der Waals surface area contributed by atoms with Crippen molar-refractivity contribution in [2.24, 2.45) is 4.99 Å². The van der Waals surface area contributed by atoms with E-state index < -0.39 is 0 Å². The van der Waals surface area contributed by atoms with Crippen LogP contribution in [0, 0.1) is 6.92 Å². The first kappa shape index (κ1) is 17.4. The summed E-state index contributed by atoms with van der Waals surface area (Å²) in [7, 11) is 0. The molecule has 3 aromatic rings. The van der Waals surface area contributed by atoms with Gasteiger partial charge in [0.15, 0.2) is 5.69 Å². The Balaban J connectivity index is 1.70. The number of benzene rings is 1. The number of pyridine rings is 1. The van der Waals surface area contributed by atoms with Crippen LogP contribution in [-0.2, 0) is 0 Å². The van der Waals surface area contributed by atoms with Crippen LogP contribution >= 0.6 is 0 Å². The molecule has 27 heavy (non-hydrogen) atoms. The van der Waals surface area contributed by atoms with Crippen molar-refractivity contribution in [1.82, 2.24) is 19.6 Å². The minimum Gasteiger partial charge on any atom is -0.266 e. The van der Waals surface area contributed by atoms with E-state index in [1.165, 1.54) is 24.1 Å². The van der Waals surface area contributed by atoms with E-state index in [2.05, 4.69) is 10.2 Å². The first-order valence-corrected chi connectivity index (χ1v) is 9.48. The van der Waals surface area contributed by atoms with Gasteiger partial charge in [0.2, 0.25) is 0 Å². The van der Waals surface area contributed by atoms with Crippen molar-refractivity contribution in [3.05, 3.63) is 71.6 Å². The van der Waals surface area contributed by atoms with Gasteiger partial charge in [-0.05, 0) is 44.0 Å². The maximum Gasteiger partial charge on any atom is 0.285 e.